The van der Waals surface area contributed by atoms with Gasteiger partial charge in [-0.3, -0.25) is 4.79 Å². The van der Waals surface area contributed by atoms with Gasteiger partial charge >= 0.3 is 0 Å². The van der Waals surface area contributed by atoms with Crippen molar-refractivity contribution in [3.63, 3.8) is 0 Å². The molecule has 1 N–H and O–H groups in total. The minimum atomic E-state index is -3.86. The summed E-state index contributed by atoms with van der Waals surface area (Å²) in [5, 5.41) is 2.98. The maximum Gasteiger partial charge on any atom is 0.243 e. The second kappa shape index (κ2) is 9.41. The maximum absolute atomic E-state index is 13.4. The van der Waals surface area contributed by atoms with E-state index in [2.05, 4.69) is 5.32 Å². The standard InChI is InChI=1S/C22H28N2O4S/c1-17-14-20(12-13-21(17)28-2)29(26,27)24(15-18-8-4-3-5-9-18)16-22(25)23-19-10-6-7-11-19/h3-5,8-9,12-14,19H,6-7,10-11,15-16H2,1-2H3,(H,23,25). The Hall–Kier alpha value is -2.38. The first-order valence-corrected chi connectivity index (χ1v) is 11.3. The number of nitrogens with zero attached hydrogens (tertiary/aromatic N) is 1. The van der Waals surface area contributed by atoms with Gasteiger partial charge in [-0.25, -0.2) is 8.42 Å². The molecule has 0 saturated heterocycles. The highest BCUT2D eigenvalue weighted by molar-refractivity contribution is 7.89. The van der Waals surface area contributed by atoms with Crippen LogP contribution in [0.5, 0.6) is 5.75 Å². The van der Waals surface area contributed by atoms with E-state index < -0.39 is 10.0 Å². The molecule has 3 rings (SSSR count). The Morgan fingerprint density at radius 3 is 2.45 bits per heavy atom. The molecule has 0 atom stereocenters. The van der Waals surface area contributed by atoms with Crippen molar-refractivity contribution in [2.24, 2.45) is 0 Å². The molecule has 2 aromatic rings. The van der Waals surface area contributed by atoms with Crippen LogP contribution in [0.15, 0.2) is 53.4 Å². The van der Waals surface area contributed by atoms with Gasteiger partial charge < -0.3 is 10.1 Å². The van der Waals surface area contributed by atoms with Crippen LogP contribution in [0.25, 0.3) is 0 Å². The molecule has 0 aromatic heterocycles. The molecule has 0 radical (unpaired) electrons. The van der Waals surface area contributed by atoms with E-state index in [1.807, 2.05) is 30.3 Å². The van der Waals surface area contributed by atoms with E-state index in [-0.39, 0.29) is 29.9 Å². The monoisotopic (exact) mass is 416 g/mol. The molecule has 0 bridgehead atoms. The third-order valence-corrected chi connectivity index (χ3v) is 7.03. The quantitative estimate of drug-likeness (QED) is 0.717. The number of methoxy groups -OCH3 is 1. The largest absolute Gasteiger partial charge is 0.496 e. The molecular weight excluding hydrogens is 388 g/mol. The number of ether oxygens (including phenoxy) is 1. The number of hydrogen-bond donors (Lipinski definition) is 1. The third-order valence-electron chi connectivity index (χ3n) is 5.25. The number of nitrogens with one attached hydrogen (secondary N) is 1. The van der Waals surface area contributed by atoms with Crippen molar-refractivity contribution in [1.82, 2.24) is 9.62 Å². The number of benzene rings is 2. The summed E-state index contributed by atoms with van der Waals surface area (Å²) in [4.78, 5) is 12.8. The number of sulfonamides is 1. The summed E-state index contributed by atoms with van der Waals surface area (Å²) >= 11 is 0. The van der Waals surface area contributed by atoms with E-state index in [9.17, 15) is 13.2 Å². The van der Waals surface area contributed by atoms with Crippen molar-refractivity contribution in [2.45, 2.75) is 50.1 Å². The van der Waals surface area contributed by atoms with Crippen LogP contribution in [0.4, 0.5) is 0 Å². The van der Waals surface area contributed by atoms with Crippen molar-refractivity contribution in [3.05, 3.63) is 59.7 Å². The summed E-state index contributed by atoms with van der Waals surface area (Å²) in [6.45, 7) is 1.72. The minimum absolute atomic E-state index is 0.131. The Bertz CT molecular complexity index is 939. The highest BCUT2D eigenvalue weighted by Crippen LogP contribution is 2.25. The van der Waals surface area contributed by atoms with Gasteiger partial charge in [-0.2, -0.15) is 4.31 Å². The lowest BCUT2D eigenvalue weighted by atomic mass is 10.2. The lowest BCUT2D eigenvalue weighted by Gasteiger charge is -2.23. The van der Waals surface area contributed by atoms with Crippen molar-refractivity contribution in [3.8, 4) is 5.75 Å². The van der Waals surface area contributed by atoms with Crippen LogP contribution >= 0.6 is 0 Å². The first kappa shape index (κ1) is 21.3. The predicted octanol–water partition coefficient (Wildman–Crippen LogP) is 3.25. The SMILES string of the molecule is COc1ccc(S(=O)(=O)N(CC(=O)NC2CCCC2)Cc2ccccc2)cc1C. The lowest BCUT2D eigenvalue weighted by molar-refractivity contribution is -0.122. The number of carbonyl (C=O) groups excluding carboxylic acids is 1. The van der Waals surface area contributed by atoms with Gasteiger partial charge in [0.15, 0.2) is 0 Å². The van der Waals surface area contributed by atoms with Crippen molar-refractivity contribution in [2.75, 3.05) is 13.7 Å². The number of amides is 1. The Kier molecular flexibility index (Phi) is 6.92. The maximum atomic E-state index is 13.4. The topological polar surface area (TPSA) is 75.7 Å². The second-order valence-electron chi connectivity index (χ2n) is 7.44. The number of carbonyl (C=O) groups is 1. The van der Waals surface area contributed by atoms with Crippen molar-refractivity contribution >= 4 is 15.9 Å². The van der Waals surface area contributed by atoms with Crippen LogP contribution < -0.4 is 10.1 Å². The van der Waals surface area contributed by atoms with Crippen molar-refractivity contribution < 1.29 is 17.9 Å². The van der Waals surface area contributed by atoms with Crippen LogP contribution in [0.1, 0.15) is 36.8 Å². The molecule has 29 heavy (non-hydrogen) atoms. The predicted molar refractivity (Wildman–Crippen MR) is 112 cm³/mol. The van der Waals surface area contributed by atoms with E-state index >= 15 is 0 Å². The van der Waals surface area contributed by atoms with Crippen LogP contribution in [-0.2, 0) is 21.4 Å². The minimum Gasteiger partial charge on any atom is -0.496 e. The fourth-order valence-corrected chi connectivity index (χ4v) is 5.15. The smallest absolute Gasteiger partial charge is 0.243 e. The molecule has 2 aromatic carbocycles. The summed E-state index contributed by atoms with van der Waals surface area (Å²) in [6, 6.07) is 14.2. The number of rotatable bonds is 8. The molecule has 6 nitrogen and oxygen atoms in total. The van der Waals surface area contributed by atoms with Crippen LogP contribution in [-0.4, -0.2) is 38.3 Å². The van der Waals surface area contributed by atoms with Gasteiger partial charge in [0.05, 0.1) is 18.6 Å². The molecule has 0 spiro atoms. The van der Waals surface area contributed by atoms with Gasteiger partial charge in [0.2, 0.25) is 15.9 Å². The third kappa shape index (κ3) is 5.36. The summed E-state index contributed by atoms with van der Waals surface area (Å²) in [6.07, 6.45) is 4.11. The van der Waals surface area contributed by atoms with E-state index in [0.29, 0.717) is 5.75 Å². The molecule has 1 saturated carbocycles. The fraction of sp³-hybridized carbons (Fsp3) is 0.409. The highest BCUT2D eigenvalue weighted by atomic mass is 32.2. The van der Waals surface area contributed by atoms with Gasteiger partial charge in [-0.05, 0) is 49.1 Å². The highest BCUT2D eigenvalue weighted by Gasteiger charge is 2.28. The molecule has 1 amide bonds. The molecule has 0 aliphatic heterocycles. The summed E-state index contributed by atoms with van der Waals surface area (Å²) in [5.41, 5.74) is 1.55. The van der Waals surface area contributed by atoms with Crippen LogP contribution in [0.2, 0.25) is 0 Å². The van der Waals surface area contributed by atoms with E-state index in [4.69, 9.17) is 4.74 Å². The zero-order chi connectivity index (χ0) is 20.9. The average Bonchev–Trinajstić information content (AvgIpc) is 3.21. The second-order valence-corrected chi connectivity index (χ2v) is 9.38. The van der Waals surface area contributed by atoms with Gasteiger partial charge in [-0.1, -0.05) is 43.2 Å². The zero-order valence-electron chi connectivity index (χ0n) is 16.9. The first-order valence-electron chi connectivity index (χ1n) is 9.88. The van der Waals surface area contributed by atoms with Gasteiger partial charge in [0.25, 0.3) is 0 Å². The van der Waals surface area contributed by atoms with Crippen LogP contribution in [0.3, 0.4) is 0 Å². The Labute approximate surface area is 172 Å². The molecule has 0 unspecified atom stereocenters. The van der Waals surface area contributed by atoms with Gasteiger partial charge in [0, 0.05) is 12.6 Å². The Balaban J connectivity index is 1.86. The summed E-state index contributed by atoms with van der Waals surface area (Å²) in [7, 11) is -2.31. The molecular formula is C22H28N2O4S. The summed E-state index contributed by atoms with van der Waals surface area (Å²) < 4.78 is 33.2. The summed E-state index contributed by atoms with van der Waals surface area (Å²) in [5.74, 6) is 0.360. The normalized spacial score (nSPS) is 14.9. The molecule has 1 aliphatic carbocycles. The Morgan fingerprint density at radius 1 is 1.14 bits per heavy atom. The average molecular weight is 417 g/mol. The fourth-order valence-electron chi connectivity index (χ4n) is 3.68. The number of aryl methyl sites for hydroxylation is 1. The molecule has 0 heterocycles. The van der Waals surface area contributed by atoms with E-state index in [1.165, 1.54) is 10.4 Å². The molecule has 156 valence electrons. The lowest BCUT2D eigenvalue weighted by Crippen LogP contribution is -2.43. The molecule has 1 aliphatic rings. The number of hydrogen-bond acceptors (Lipinski definition) is 4. The molecule has 1 fully saturated rings. The van der Waals surface area contributed by atoms with E-state index in [1.54, 1.807) is 26.2 Å². The molecule has 7 heteroatoms. The van der Waals surface area contributed by atoms with E-state index in [0.717, 1.165) is 36.8 Å². The first-order chi connectivity index (χ1) is 13.9. The Morgan fingerprint density at radius 2 is 1.83 bits per heavy atom. The van der Waals surface area contributed by atoms with Gasteiger partial charge in [-0.15, -0.1) is 0 Å². The van der Waals surface area contributed by atoms with Crippen LogP contribution in [0, 0.1) is 6.92 Å². The zero-order valence-corrected chi connectivity index (χ0v) is 17.7. The van der Waals surface area contributed by atoms with Crippen molar-refractivity contribution in [1.29, 1.82) is 0 Å². The van der Waals surface area contributed by atoms with Gasteiger partial charge in [0.1, 0.15) is 5.75 Å².